The number of likely N-dealkylation sites (tertiary alicyclic amines) is 1. The zero-order valence-electron chi connectivity index (χ0n) is 15.4. The molecule has 26 heavy (non-hydrogen) atoms. The summed E-state index contributed by atoms with van der Waals surface area (Å²) in [6, 6.07) is 6.25. The van der Waals surface area contributed by atoms with Crippen molar-refractivity contribution in [1.82, 2.24) is 10.2 Å². The first-order chi connectivity index (χ1) is 12.6. The third-order valence-corrected chi connectivity index (χ3v) is 5.94. The second-order valence-corrected chi connectivity index (χ2v) is 7.71. The number of nitrogens with one attached hydrogen (secondary N) is 1. The highest BCUT2D eigenvalue weighted by molar-refractivity contribution is 5.78. The van der Waals surface area contributed by atoms with Crippen molar-refractivity contribution in [3.05, 3.63) is 39.9 Å². The summed E-state index contributed by atoms with van der Waals surface area (Å²) in [5.74, 6) is 0.000751. The van der Waals surface area contributed by atoms with Gasteiger partial charge in [-0.25, -0.2) is 0 Å². The molecule has 0 unspecified atom stereocenters. The van der Waals surface area contributed by atoms with Crippen molar-refractivity contribution in [2.24, 2.45) is 0 Å². The van der Waals surface area contributed by atoms with Gasteiger partial charge in [0.05, 0.1) is 11.3 Å². The molecule has 2 fully saturated rings. The topological polar surface area (TPSA) is 75.5 Å². The first-order valence-corrected chi connectivity index (χ1v) is 9.84. The summed E-state index contributed by atoms with van der Waals surface area (Å²) in [5.41, 5.74) is 0.994. The zero-order valence-corrected chi connectivity index (χ0v) is 15.4. The van der Waals surface area contributed by atoms with Crippen molar-refractivity contribution in [2.75, 3.05) is 19.6 Å². The number of nitro groups is 1. The second kappa shape index (κ2) is 8.62. The summed E-state index contributed by atoms with van der Waals surface area (Å²) >= 11 is 0. The van der Waals surface area contributed by atoms with E-state index in [0.717, 1.165) is 25.2 Å². The van der Waals surface area contributed by atoms with Gasteiger partial charge in [-0.05, 0) is 44.3 Å². The summed E-state index contributed by atoms with van der Waals surface area (Å²) in [6.45, 7) is 3.02. The van der Waals surface area contributed by atoms with Gasteiger partial charge in [0.1, 0.15) is 0 Å². The molecule has 6 nitrogen and oxygen atoms in total. The molecule has 0 atom stereocenters. The van der Waals surface area contributed by atoms with Gasteiger partial charge < -0.3 is 5.32 Å². The third kappa shape index (κ3) is 4.61. The fraction of sp³-hybridized carbons (Fsp3) is 0.650. The van der Waals surface area contributed by atoms with Gasteiger partial charge in [-0.2, -0.15) is 0 Å². The number of piperidine rings is 1. The van der Waals surface area contributed by atoms with Crippen LogP contribution in [0.2, 0.25) is 0 Å². The Morgan fingerprint density at radius 2 is 1.65 bits per heavy atom. The van der Waals surface area contributed by atoms with Crippen molar-refractivity contribution in [3.63, 3.8) is 0 Å². The number of hydrogen-bond acceptors (Lipinski definition) is 4. The molecule has 1 saturated carbocycles. The minimum Gasteiger partial charge on any atom is -0.354 e. The van der Waals surface area contributed by atoms with Crippen LogP contribution in [-0.4, -0.2) is 40.9 Å². The molecule has 2 aliphatic rings. The average Bonchev–Trinajstić information content (AvgIpc) is 2.68. The number of nitro benzene ring substituents is 1. The second-order valence-electron chi connectivity index (χ2n) is 7.71. The fourth-order valence-electron chi connectivity index (χ4n) is 4.43. The molecule has 0 aromatic heterocycles. The number of amides is 1. The van der Waals surface area contributed by atoms with Crippen LogP contribution in [0.4, 0.5) is 5.69 Å². The van der Waals surface area contributed by atoms with Crippen molar-refractivity contribution in [3.8, 4) is 0 Å². The molecule has 0 spiro atoms. The maximum atomic E-state index is 12.4. The average molecular weight is 359 g/mol. The Kier molecular flexibility index (Phi) is 6.25. The van der Waals surface area contributed by atoms with Crippen LogP contribution in [0.1, 0.15) is 56.9 Å². The summed E-state index contributed by atoms with van der Waals surface area (Å²) in [4.78, 5) is 25.4. The monoisotopic (exact) mass is 359 g/mol. The lowest BCUT2D eigenvalue weighted by Gasteiger charge is -2.48. The Labute approximate surface area is 155 Å². The summed E-state index contributed by atoms with van der Waals surface area (Å²) < 4.78 is 0. The van der Waals surface area contributed by atoms with Crippen LogP contribution in [0, 0.1) is 10.1 Å². The number of carbonyl (C=O) groups excluding carboxylic acids is 1. The van der Waals surface area contributed by atoms with Crippen LogP contribution in [0.25, 0.3) is 0 Å². The molecule has 1 amide bonds. The van der Waals surface area contributed by atoms with E-state index in [1.807, 2.05) is 0 Å². The molecule has 1 heterocycles. The molecule has 1 aromatic rings. The van der Waals surface area contributed by atoms with Gasteiger partial charge in [0.25, 0.3) is 5.69 Å². The van der Waals surface area contributed by atoms with E-state index in [1.165, 1.54) is 63.5 Å². The number of carbonyl (C=O) groups is 1. The maximum Gasteiger partial charge on any atom is 0.269 e. The minimum absolute atomic E-state index is 0.000751. The SMILES string of the molecule is O=C(Cc1ccc([N+](=O)[O-])cc1)NCC1(N2CCCCC2)CCCCC1. The van der Waals surface area contributed by atoms with E-state index in [-0.39, 0.29) is 23.6 Å². The lowest BCUT2D eigenvalue weighted by atomic mass is 9.79. The summed E-state index contributed by atoms with van der Waals surface area (Å²) in [5, 5.41) is 13.9. The summed E-state index contributed by atoms with van der Waals surface area (Å²) in [7, 11) is 0. The van der Waals surface area contributed by atoms with Crippen LogP contribution in [0.15, 0.2) is 24.3 Å². The Bertz CT molecular complexity index is 618. The predicted molar refractivity (Wildman–Crippen MR) is 101 cm³/mol. The first-order valence-electron chi connectivity index (χ1n) is 9.84. The highest BCUT2D eigenvalue weighted by Gasteiger charge is 2.38. The van der Waals surface area contributed by atoms with Crippen LogP contribution < -0.4 is 5.32 Å². The number of rotatable bonds is 6. The normalized spacial score (nSPS) is 20.5. The summed E-state index contributed by atoms with van der Waals surface area (Å²) in [6.07, 6.45) is 10.2. The molecular weight excluding hydrogens is 330 g/mol. The van der Waals surface area contributed by atoms with E-state index in [0.29, 0.717) is 0 Å². The van der Waals surface area contributed by atoms with Gasteiger partial charge in [-0.1, -0.05) is 37.8 Å². The zero-order chi connectivity index (χ0) is 18.4. The van der Waals surface area contributed by atoms with E-state index < -0.39 is 4.92 Å². The molecule has 1 N–H and O–H groups in total. The maximum absolute atomic E-state index is 12.4. The van der Waals surface area contributed by atoms with Gasteiger partial charge in [0.2, 0.25) is 5.91 Å². The van der Waals surface area contributed by atoms with Crippen molar-refractivity contribution in [2.45, 2.75) is 63.3 Å². The lowest BCUT2D eigenvalue weighted by Crippen LogP contribution is -2.58. The van der Waals surface area contributed by atoms with E-state index in [4.69, 9.17) is 0 Å². The van der Waals surface area contributed by atoms with Crippen LogP contribution in [0.5, 0.6) is 0 Å². The number of non-ortho nitro benzene ring substituents is 1. The Morgan fingerprint density at radius 3 is 2.27 bits per heavy atom. The predicted octanol–water partition coefficient (Wildman–Crippen LogP) is 3.44. The molecule has 1 saturated heterocycles. The molecule has 6 heteroatoms. The van der Waals surface area contributed by atoms with Crippen molar-refractivity contribution < 1.29 is 9.72 Å². The molecule has 142 valence electrons. The van der Waals surface area contributed by atoms with E-state index >= 15 is 0 Å². The molecule has 0 radical (unpaired) electrons. The number of benzene rings is 1. The van der Waals surface area contributed by atoms with Gasteiger partial charge in [-0.3, -0.25) is 19.8 Å². The quantitative estimate of drug-likeness (QED) is 0.623. The van der Waals surface area contributed by atoms with Crippen molar-refractivity contribution in [1.29, 1.82) is 0 Å². The Hall–Kier alpha value is -1.95. The van der Waals surface area contributed by atoms with Crippen molar-refractivity contribution >= 4 is 11.6 Å². The number of hydrogen-bond donors (Lipinski definition) is 1. The van der Waals surface area contributed by atoms with E-state index in [9.17, 15) is 14.9 Å². The van der Waals surface area contributed by atoms with Gasteiger partial charge in [0.15, 0.2) is 0 Å². The van der Waals surface area contributed by atoms with Gasteiger partial charge >= 0.3 is 0 Å². The number of nitrogens with zero attached hydrogens (tertiary/aromatic N) is 2. The Balaban J connectivity index is 1.57. The standard InChI is InChI=1S/C20H29N3O3/c24-19(15-17-7-9-18(10-8-17)23(25)26)21-16-20(11-3-1-4-12-20)22-13-5-2-6-14-22/h7-10H,1-6,11-16H2,(H,21,24). The third-order valence-electron chi connectivity index (χ3n) is 5.94. The van der Waals surface area contributed by atoms with Crippen LogP contribution >= 0.6 is 0 Å². The molecule has 1 aliphatic heterocycles. The minimum atomic E-state index is -0.421. The highest BCUT2D eigenvalue weighted by atomic mass is 16.6. The molecular formula is C20H29N3O3. The van der Waals surface area contributed by atoms with Crippen LogP contribution in [-0.2, 0) is 11.2 Å². The first kappa shape index (κ1) is 18.8. The molecule has 1 aliphatic carbocycles. The smallest absolute Gasteiger partial charge is 0.269 e. The largest absolute Gasteiger partial charge is 0.354 e. The van der Waals surface area contributed by atoms with Gasteiger partial charge in [0, 0.05) is 24.2 Å². The fourth-order valence-corrected chi connectivity index (χ4v) is 4.43. The molecule has 1 aromatic carbocycles. The van der Waals surface area contributed by atoms with Crippen LogP contribution in [0.3, 0.4) is 0 Å². The Morgan fingerprint density at radius 1 is 1.04 bits per heavy atom. The molecule has 0 bridgehead atoms. The lowest BCUT2D eigenvalue weighted by molar-refractivity contribution is -0.384. The van der Waals surface area contributed by atoms with E-state index in [1.54, 1.807) is 12.1 Å². The van der Waals surface area contributed by atoms with Gasteiger partial charge in [-0.15, -0.1) is 0 Å². The highest BCUT2D eigenvalue weighted by Crippen LogP contribution is 2.35. The van der Waals surface area contributed by atoms with E-state index in [2.05, 4.69) is 10.2 Å². The molecule has 3 rings (SSSR count).